The highest BCUT2D eigenvalue weighted by Crippen LogP contribution is 2.20. The minimum Gasteiger partial charge on any atom is -0.257 e. The van der Waals surface area contributed by atoms with Crippen molar-refractivity contribution in [2.45, 2.75) is 17.7 Å². The van der Waals surface area contributed by atoms with Crippen LogP contribution >= 0.6 is 11.3 Å². The number of aryl methyl sites for hydroxylation is 1. The predicted octanol–water partition coefficient (Wildman–Crippen LogP) is 1.80. The van der Waals surface area contributed by atoms with Gasteiger partial charge >= 0.3 is 0 Å². The summed E-state index contributed by atoms with van der Waals surface area (Å²) < 4.78 is 26.6. The molecule has 0 saturated carbocycles. The fraction of sp³-hybridized carbons (Fsp3) is 0.167. The molecule has 19 heavy (non-hydrogen) atoms. The van der Waals surface area contributed by atoms with Crippen LogP contribution in [0.15, 0.2) is 34.5 Å². The Balaban J connectivity index is 2.12. The second-order valence-corrected chi connectivity index (χ2v) is 6.90. The average Bonchev–Trinajstić information content (AvgIpc) is 2.86. The van der Waals surface area contributed by atoms with Crippen LogP contribution in [-0.2, 0) is 16.6 Å². The molecule has 0 unspecified atom stereocenters. The fourth-order valence-corrected chi connectivity index (χ4v) is 3.61. The van der Waals surface area contributed by atoms with Gasteiger partial charge in [-0.2, -0.15) is 5.26 Å². The van der Waals surface area contributed by atoms with Gasteiger partial charge in [-0.3, -0.25) is 4.98 Å². The van der Waals surface area contributed by atoms with Gasteiger partial charge in [-0.25, -0.2) is 13.1 Å². The minimum atomic E-state index is -3.58. The fourth-order valence-electron chi connectivity index (χ4n) is 1.46. The van der Waals surface area contributed by atoms with Gasteiger partial charge in [-0.05, 0) is 31.2 Å². The largest absolute Gasteiger partial charge is 0.257 e. The Kier molecular flexibility index (Phi) is 3.95. The van der Waals surface area contributed by atoms with E-state index < -0.39 is 10.0 Å². The van der Waals surface area contributed by atoms with Crippen LogP contribution in [-0.4, -0.2) is 13.4 Å². The monoisotopic (exact) mass is 293 g/mol. The molecule has 0 atom stereocenters. The molecule has 0 aliphatic rings. The molecule has 98 valence electrons. The summed E-state index contributed by atoms with van der Waals surface area (Å²) in [6.45, 7) is 1.97. The summed E-state index contributed by atoms with van der Waals surface area (Å²) in [5, 5.41) is 8.69. The molecule has 0 amide bonds. The van der Waals surface area contributed by atoms with E-state index in [9.17, 15) is 8.42 Å². The van der Waals surface area contributed by atoms with E-state index >= 15 is 0 Å². The molecule has 0 spiro atoms. The summed E-state index contributed by atoms with van der Waals surface area (Å²) in [7, 11) is -3.58. The van der Waals surface area contributed by atoms with Crippen LogP contribution in [0.5, 0.6) is 0 Å². The van der Waals surface area contributed by atoms with Crippen molar-refractivity contribution in [1.82, 2.24) is 9.71 Å². The Morgan fingerprint density at radius 2 is 2.16 bits per heavy atom. The normalized spacial score (nSPS) is 11.2. The van der Waals surface area contributed by atoms with Crippen LogP contribution < -0.4 is 4.72 Å². The van der Waals surface area contributed by atoms with Crippen molar-refractivity contribution in [2.24, 2.45) is 0 Å². The maximum Gasteiger partial charge on any atom is 0.250 e. The molecule has 7 heteroatoms. The molecule has 2 aromatic rings. The lowest BCUT2D eigenvalue weighted by atomic mass is 10.3. The molecule has 0 aromatic carbocycles. The summed E-state index contributed by atoms with van der Waals surface area (Å²) in [5.41, 5.74) is 1.49. The van der Waals surface area contributed by atoms with Gasteiger partial charge in [0.2, 0.25) is 10.0 Å². The highest BCUT2D eigenvalue weighted by atomic mass is 32.2. The Labute approximate surface area is 115 Å². The van der Waals surface area contributed by atoms with E-state index in [0.29, 0.717) is 10.6 Å². The molecule has 2 aromatic heterocycles. The topological polar surface area (TPSA) is 82.9 Å². The van der Waals surface area contributed by atoms with Crippen molar-refractivity contribution in [1.29, 1.82) is 5.26 Å². The van der Waals surface area contributed by atoms with Gasteiger partial charge in [-0.1, -0.05) is 6.07 Å². The van der Waals surface area contributed by atoms with E-state index in [0.717, 1.165) is 17.0 Å². The van der Waals surface area contributed by atoms with Crippen LogP contribution in [0.25, 0.3) is 0 Å². The Bertz CT molecular complexity index is 729. The lowest BCUT2D eigenvalue weighted by molar-refractivity contribution is 0.582. The van der Waals surface area contributed by atoms with Gasteiger partial charge in [0.25, 0.3) is 0 Å². The van der Waals surface area contributed by atoms with E-state index in [2.05, 4.69) is 9.71 Å². The van der Waals surface area contributed by atoms with E-state index in [1.165, 1.54) is 12.1 Å². The molecule has 0 saturated heterocycles. The second kappa shape index (κ2) is 5.48. The van der Waals surface area contributed by atoms with Crippen molar-refractivity contribution >= 4 is 21.4 Å². The highest BCUT2D eigenvalue weighted by Gasteiger charge is 2.16. The molecule has 2 rings (SSSR count). The van der Waals surface area contributed by atoms with E-state index in [-0.39, 0.29) is 10.8 Å². The third-order valence-electron chi connectivity index (χ3n) is 2.35. The maximum absolute atomic E-state index is 12.0. The second-order valence-electron chi connectivity index (χ2n) is 3.83. The summed E-state index contributed by atoms with van der Waals surface area (Å²) in [4.78, 5) is 4.58. The first-order valence-electron chi connectivity index (χ1n) is 5.43. The predicted molar refractivity (Wildman–Crippen MR) is 72.0 cm³/mol. The summed E-state index contributed by atoms with van der Waals surface area (Å²) >= 11 is 0.946. The molecular formula is C12H11N3O2S2. The number of pyridine rings is 1. The number of aromatic nitrogens is 1. The number of thiophene rings is 1. The van der Waals surface area contributed by atoms with Gasteiger partial charge in [0, 0.05) is 5.69 Å². The zero-order chi connectivity index (χ0) is 13.9. The van der Waals surface area contributed by atoms with Gasteiger partial charge in [0.05, 0.1) is 12.2 Å². The molecule has 5 nitrogen and oxygen atoms in total. The van der Waals surface area contributed by atoms with Crippen LogP contribution in [0.1, 0.15) is 16.3 Å². The average molecular weight is 293 g/mol. The molecule has 1 N–H and O–H groups in total. The van der Waals surface area contributed by atoms with Crippen LogP contribution in [0, 0.1) is 18.3 Å². The van der Waals surface area contributed by atoms with Crippen LogP contribution in [0.4, 0.5) is 0 Å². The Morgan fingerprint density at radius 3 is 2.79 bits per heavy atom. The number of nitriles is 1. The number of sulfonamides is 1. The first kappa shape index (κ1) is 13.7. The van der Waals surface area contributed by atoms with Gasteiger partial charge < -0.3 is 0 Å². The van der Waals surface area contributed by atoms with Crippen molar-refractivity contribution in [2.75, 3.05) is 0 Å². The lowest BCUT2D eigenvalue weighted by Gasteiger charge is -2.04. The molecule has 0 aliphatic heterocycles. The van der Waals surface area contributed by atoms with Crippen molar-refractivity contribution in [3.05, 3.63) is 46.6 Å². The van der Waals surface area contributed by atoms with Crippen LogP contribution in [0.3, 0.4) is 0 Å². The number of nitrogens with zero attached hydrogens (tertiary/aromatic N) is 2. The van der Waals surface area contributed by atoms with Gasteiger partial charge in [0.1, 0.15) is 15.2 Å². The quantitative estimate of drug-likeness (QED) is 0.931. The first-order chi connectivity index (χ1) is 9.01. The number of hydrogen-bond acceptors (Lipinski definition) is 5. The third kappa shape index (κ3) is 3.38. The molecule has 2 heterocycles. The minimum absolute atomic E-state index is 0.129. The lowest BCUT2D eigenvalue weighted by Crippen LogP contribution is -2.22. The summed E-state index contributed by atoms with van der Waals surface area (Å²) in [6, 6.07) is 10.3. The van der Waals surface area contributed by atoms with Crippen LogP contribution in [0.2, 0.25) is 0 Å². The first-order valence-corrected chi connectivity index (χ1v) is 7.73. The zero-order valence-electron chi connectivity index (χ0n) is 10.1. The van der Waals surface area contributed by atoms with Gasteiger partial charge in [-0.15, -0.1) is 11.3 Å². The Hall–Kier alpha value is -1.75. The molecule has 0 bridgehead atoms. The van der Waals surface area contributed by atoms with Crippen molar-refractivity contribution < 1.29 is 8.42 Å². The zero-order valence-corrected chi connectivity index (χ0v) is 11.8. The standard InChI is InChI=1S/C12H11N3O2S2/c1-9-3-2-4-10(15-9)8-14-19(16,17)12-6-5-11(7-13)18-12/h2-6,14H,8H2,1H3. The summed E-state index contributed by atoms with van der Waals surface area (Å²) in [5.74, 6) is 0. The molecule has 0 aliphatic carbocycles. The summed E-state index contributed by atoms with van der Waals surface area (Å²) in [6.07, 6.45) is 0. The Morgan fingerprint density at radius 1 is 1.37 bits per heavy atom. The van der Waals surface area contributed by atoms with E-state index in [1.807, 2.05) is 25.1 Å². The van der Waals surface area contributed by atoms with E-state index in [1.54, 1.807) is 6.07 Å². The number of nitrogens with one attached hydrogen (secondary N) is 1. The van der Waals surface area contributed by atoms with E-state index in [4.69, 9.17) is 5.26 Å². The smallest absolute Gasteiger partial charge is 0.250 e. The van der Waals surface area contributed by atoms with Crippen molar-refractivity contribution in [3.8, 4) is 6.07 Å². The molecular weight excluding hydrogens is 282 g/mol. The third-order valence-corrected chi connectivity index (χ3v) is 5.23. The molecule has 0 radical (unpaired) electrons. The molecule has 0 fully saturated rings. The van der Waals surface area contributed by atoms with Crippen molar-refractivity contribution in [3.63, 3.8) is 0 Å². The highest BCUT2D eigenvalue weighted by molar-refractivity contribution is 7.91. The number of hydrogen-bond donors (Lipinski definition) is 1. The maximum atomic E-state index is 12.0. The number of rotatable bonds is 4. The van der Waals surface area contributed by atoms with Gasteiger partial charge in [0.15, 0.2) is 0 Å². The SMILES string of the molecule is Cc1cccc(CNS(=O)(=O)c2ccc(C#N)s2)n1.